The lowest BCUT2D eigenvalue weighted by atomic mass is 10.1. The molecular weight excluding hydrogens is 493 g/mol. The quantitative estimate of drug-likeness (QED) is 0.376. The van der Waals surface area contributed by atoms with Crippen LogP contribution in [0.4, 0.5) is 10.3 Å². The predicted molar refractivity (Wildman–Crippen MR) is 124 cm³/mol. The van der Waals surface area contributed by atoms with Crippen molar-refractivity contribution in [2.24, 2.45) is 5.73 Å². The standard InChI is InChI=1S/C23H19BrFN5O3/c24-18-6-7-19(33-18)30-9-8-13(11-30)27-23(32)14-5-4-12(10-16(14)25)22-28-17-3-1-2-15(21(26)31)20(17)29-22/h1-7,10,13H,8-9,11H2,(H2,26,31)(H,27,32)(H,28,29). The van der Waals surface area contributed by atoms with Crippen molar-refractivity contribution in [1.29, 1.82) is 0 Å². The van der Waals surface area contributed by atoms with Crippen molar-refractivity contribution < 1.29 is 18.4 Å². The number of nitrogens with two attached hydrogens (primary N) is 1. The summed E-state index contributed by atoms with van der Waals surface area (Å²) in [7, 11) is 0. The molecule has 2 aromatic carbocycles. The fraction of sp³-hybridized carbons (Fsp3) is 0.174. The Morgan fingerprint density at radius 1 is 1.21 bits per heavy atom. The average Bonchev–Trinajstić information content (AvgIpc) is 3.52. The molecule has 1 fully saturated rings. The number of nitrogens with zero attached hydrogens (tertiary/aromatic N) is 2. The minimum atomic E-state index is -0.662. The summed E-state index contributed by atoms with van der Waals surface area (Å²) in [6, 6.07) is 12.9. The number of aromatic amines is 1. The Hall–Kier alpha value is -3.66. The van der Waals surface area contributed by atoms with Gasteiger partial charge in [-0.25, -0.2) is 9.37 Å². The highest BCUT2D eigenvalue weighted by Gasteiger charge is 2.27. The molecule has 4 aromatic rings. The van der Waals surface area contributed by atoms with Crippen LogP contribution < -0.4 is 16.0 Å². The van der Waals surface area contributed by atoms with Crippen LogP contribution in [-0.4, -0.2) is 40.9 Å². The number of benzene rings is 2. The summed E-state index contributed by atoms with van der Waals surface area (Å²) >= 11 is 3.28. The number of halogens is 2. The van der Waals surface area contributed by atoms with Gasteiger partial charge in [0.2, 0.25) is 0 Å². The van der Waals surface area contributed by atoms with E-state index < -0.39 is 17.6 Å². The molecule has 1 atom stereocenters. The molecule has 8 nitrogen and oxygen atoms in total. The Morgan fingerprint density at radius 3 is 2.79 bits per heavy atom. The fourth-order valence-electron chi connectivity index (χ4n) is 4.03. The van der Waals surface area contributed by atoms with Gasteiger partial charge in [0.05, 0.1) is 16.6 Å². The van der Waals surface area contributed by atoms with Gasteiger partial charge in [0.25, 0.3) is 11.8 Å². The lowest BCUT2D eigenvalue weighted by Gasteiger charge is -2.16. The number of anilines is 1. The molecule has 1 saturated heterocycles. The number of imidazole rings is 1. The van der Waals surface area contributed by atoms with Gasteiger partial charge in [-0.3, -0.25) is 9.59 Å². The van der Waals surface area contributed by atoms with Crippen molar-refractivity contribution in [3.63, 3.8) is 0 Å². The topological polar surface area (TPSA) is 117 Å². The van der Waals surface area contributed by atoms with E-state index in [0.717, 1.165) is 18.8 Å². The zero-order chi connectivity index (χ0) is 23.1. The average molecular weight is 512 g/mol. The minimum absolute atomic E-state index is 0.0492. The number of hydrogen-bond donors (Lipinski definition) is 3. The highest BCUT2D eigenvalue weighted by molar-refractivity contribution is 9.10. The number of aromatic nitrogens is 2. The number of nitrogens with one attached hydrogen (secondary N) is 2. The van der Waals surface area contributed by atoms with Crippen LogP contribution in [0.15, 0.2) is 57.6 Å². The Morgan fingerprint density at radius 2 is 2.06 bits per heavy atom. The monoisotopic (exact) mass is 511 g/mol. The Bertz CT molecular complexity index is 1380. The lowest BCUT2D eigenvalue weighted by molar-refractivity contribution is 0.0935. The number of para-hydroxylation sites is 1. The second-order valence-electron chi connectivity index (χ2n) is 7.83. The van der Waals surface area contributed by atoms with E-state index >= 15 is 0 Å². The van der Waals surface area contributed by atoms with E-state index in [-0.39, 0.29) is 17.2 Å². The van der Waals surface area contributed by atoms with E-state index in [2.05, 4.69) is 31.2 Å². The third-order valence-electron chi connectivity index (χ3n) is 5.66. The van der Waals surface area contributed by atoms with Crippen molar-refractivity contribution in [2.45, 2.75) is 12.5 Å². The molecular formula is C23H19BrFN5O3. The maximum atomic E-state index is 14.9. The molecule has 0 bridgehead atoms. The number of hydrogen-bond acceptors (Lipinski definition) is 5. The molecule has 4 N–H and O–H groups in total. The van der Waals surface area contributed by atoms with Gasteiger partial charge in [-0.1, -0.05) is 12.1 Å². The molecule has 33 heavy (non-hydrogen) atoms. The summed E-state index contributed by atoms with van der Waals surface area (Å²) in [4.78, 5) is 33.8. The van der Waals surface area contributed by atoms with Gasteiger partial charge in [-0.2, -0.15) is 0 Å². The summed E-state index contributed by atoms with van der Waals surface area (Å²) < 4.78 is 21.1. The van der Waals surface area contributed by atoms with Crippen molar-refractivity contribution in [3.05, 3.63) is 70.1 Å². The zero-order valence-electron chi connectivity index (χ0n) is 17.3. The van der Waals surface area contributed by atoms with Crippen molar-refractivity contribution in [2.75, 3.05) is 18.0 Å². The van der Waals surface area contributed by atoms with Crippen LogP contribution in [-0.2, 0) is 0 Å². The van der Waals surface area contributed by atoms with Crippen LogP contribution in [0.5, 0.6) is 0 Å². The second-order valence-corrected chi connectivity index (χ2v) is 8.61. The van der Waals surface area contributed by atoms with Crippen LogP contribution in [0.1, 0.15) is 27.1 Å². The normalized spacial score (nSPS) is 15.8. The van der Waals surface area contributed by atoms with Crippen molar-refractivity contribution in [1.82, 2.24) is 15.3 Å². The fourth-order valence-corrected chi connectivity index (χ4v) is 4.33. The van der Waals surface area contributed by atoms with E-state index in [1.54, 1.807) is 24.3 Å². The third kappa shape index (κ3) is 4.09. The van der Waals surface area contributed by atoms with Crippen LogP contribution >= 0.6 is 15.9 Å². The zero-order valence-corrected chi connectivity index (χ0v) is 18.9. The molecule has 168 valence electrons. The van der Waals surface area contributed by atoms with Gasteiger partial charge >= 0.3 is 0 Å². The Balaban J connectivity index is 1.32. The largest absolute Gasteiger partial charge is 0.434 e. The first kappa shape index (κ1) is 21.2. The molecule has 0 aliphatic carbocycles. The summed E-state index contributed by atoms with van der Waals surface area (Å²) in [5.41, 5.74) is 7.11. The SMILES string of the molecule is NC(=O)c1cccc2[nH]c(-c3ccc(C(=O)NC4CCN(c5ccc(Br)o5)C4)c(F)c3)nc12. The van der Waals surface area contributed by atoms with Crippen LogP contribution in [0.2, 0.25) is 0 Å². The van der Waals surface area contributed by atoms with Crippen LogP contribution in [0.25, 0.3) is 22.4 Å². The van der Waals surface area contributed by atoms with Gasteiger partial charge in [0.15, 0.2) is 10.6 Å². The highest BCUT2D eigenvalue weighted by Crippen LogP contribution is 2.27. The van der Waals surface area contributed by atoms with Gasteiger partial charge in [-0.15, -0.1) is 0 Å². The minimum Gasteiger partial charge on any atom is -0.434 e. The molecule has 1 unspecified atom stereocenters. The first-order valence-electron chi connectivity index (χ1n) is 10.3. The lowest BCUT2D eigenvalue weighted by Crippen LogP contribution is -2.37. The Kier molecular flexibility index (Phi) is 5.37. The van der Waals surface area contributed by atoms with Gasteiger partial charge in [-0.05, 0) is 52.7 Å². The first-order chi connectivity index (χ1) is 15.9. The molecule has 1 aliphatic rings. The van der Waals surface area contributed by atoms with E-state index in [1.165, 1.54) is 12.1 Å². The third-order valence-corrected chi connectivity index (χ3v) is 6.09. The molecule has 3 heterocycles. The van der Waals surface area contributed by atoms with E-state index in [0.29, 0.717) is 33.6 Å². The number of carbonyl (C=O) groups excluding carboxylic acids is 2. The predicted octanol–water partition coefficient (Wildman–Crippen LogP) is 3.83. The molecule has 2 aromatic heterocycles. The first-order valence-corrected chi connectivity index (χ1v) is 11.1. The van der Waals surface area contributed by atoms with E-state index in [4.69, 9.17) is 10.2 Å². The second kappa shape index (κ2) is 8.36. The van der Waals surface area contributed by atoms with E-state index in [9.17, 15) is 14.0 Å². The molecule has 5 rings (SSSR count). The number of furan rings is 1. The number of H-pyrrole nitrogens is 1. The molecule has 10 heteroatoms. The maximum Gasteiger partial charge on any atom is 0.254 e. The highest BCUT2D eigenvalue weighted by atomic mass is 79.9. The molecule has 0 radical (unpaired) electrons. The van der Waals surface area contributed by atoms with Crippen LogP contribution in [0, 0.1) is 5.82 Å². The van der Waals surface area contributed by atoms with Gasteiger partial charge in [0, 0.05) is 30.8 Å². The molecule has 0 spiro atoms. The van der Waals surface area contributed by atoms with E-state index in [1.807, 2.05) is 17.0 Å². The number of fused-ring (bicyclic) bond motifs is 1. The summed E-state index contributed by atoms with van der Waals surface area (Å²) in [6.45, 7) is 1.30. The molecule has 0 saturated carbocycles. The van der Waals surface area contributed by atoms with Crippen molar-refractivity contribution in [3.8, 4) is 11.4 Å². The Labute approximate surface area is 196 Å². The van der Waals surface area contributed by atoms with Gasteiger partial charge < -0.3 is 25.4 Å². The van der Waals surface area contributed by atoms with Crippen molar-refractivity contribution >= 4 is 44.7 Å². The smallest absolute Gasteiger partial charge is 0.254 e. The summed E-state index contributed by atoms with van der Waals surface area (Å²) in [6.07, 6.45) is 0.727. The summed E-state index contributed by atoms with van der Waals surface area (Å²) in [5.74, 6) is -0.639. The number of carbonyl (C=O) groups is 2. The van der Waals surface area contributed by atoms with Gasteiger partial charge in [0.1, 0.15) is 17.2 Å². The molecule has 1 aliphatic heterocycles. The maximum absolute atomic E-state index is 14.9. The number of primary amides is 1. The number of rotatable bonds is 5. The summed E-state index contributed by atoms with van der Waals surface area (Å²) in [5, 5.41) is 2.89. The van der Waals surface area contributed by atoms with Crippen LogP contribution in [0.3, 0.4) is 0 Å². The molecule has 2 amide bonds. The number of amides is 2.